The number of nitrogens with one attached hydrogen (secondary N) is 2. The first-order valence-electron chi connectivity index (χ1n) is 6.90. The van der Waals surface area contributed by atoms with E-state index in [9.17, 15) is 4.79 Å². The maximum absolute atomic E-state index is 11.9. The molecule has 4 nitrogen and oxygen atoms in total. The van der Waals surface area contributed by atoms with Crippen molar-refractivity contribution < 1.29 is 9.53 Å². The van der Waals surface area contributed by atoms with Crippen LogP contribution in [0.5, 0.6) is 0 Å². The molecule has 1 aromatic rings. The van der Waals surface area contributed by atoms with Gasteiger partial charge in [0.1, 0.15) is 0 Å². The number of rotatable bonds is 6. The summed E-state index contributed by atoms with van der Waals surface area (Å²) in [5.41, 5.74) is 2.60. The second kappa shape index (κ2) is 7.07. The first-order chi connectivity index (χ1) is 9.60. The lowest BCUT2D eigenvalue weighted by Crippen LogP contribution is -2.47. The normalized spacial score (nSPS) is 18.6. The molecule has 1 amide bonds. The van der Waals surface area contributed by atoms with Crippen LogP contribution in [0.3, 0.4) is 0 Å². The molecule has 0 saturated heterocycles. The van der Waals surface area contributed by atoms with Gasteiger partial charge in [-0.3, -0.25) is 4.79 Å². The third kappa shape index (κ3) is 3.95. The molecule has 0 aromatic heterocycles. The molecule has 0 fully saturated rings. The monoisotopic (exact) mass is 296 g/mol. The van der Waals surface area contributed by atoms with Gasteiger partial charge in [0.05, 0.1) is 12.6 Å². The summed E-state index contributed by atoms with van der Waals surface area (Å²) in [5.74, 6) is 0.0102. The molecule has 2 unspecified atom stereocenters. The highest BCUT2D eigenvalue weighted by atomic mass is 35.5. The molecule has 2 rings (SSSR count). The molecule has 2 atom stereocenters. The van der Waals surface area contributed by atoms with Gasteiger partial charge in [-0.05, 0) is 43.0 Å². The van der Waals surface area contributed by atoms with E-state index in [0.717, 1.165) is 17.9 Å². The molecule has 5 heteroatoms. The maximum Gasteiger partial charge on any atom is 0.236 e. The molecule has 110 valence electrons. The summed E-state index contributed by atoms with van der Waals surface area (Å²) in [6.07, 6.45) is 1.87. The quantitative estimate of drug-likeness (QED) is 0.783. The molecular formula is C15H21ClN2O2. The van der Waals surface area contributed by atoms with Crippen LogP contribution in [0, 0.1) is 0 Å². The van der Waals surface area contributed by atoms with Crippen LogP contribution in [0.2, 0.25) is 5.02 Å². The minimum Gasteiger partial charge on any atom is -0.383 e. The second-order valence-electron chi connectivity index (χ2n) is 5.19. The SMILES string of the molecule is COCCNC(=O)C(C)NC1Cc2ccc(Cl)cc2C1. The third-order valence-electron chi connectivity index (χ3n) is 3.59. The summed E-state index contributed by atoms with van der Waals surface area (Å²) in [7, 11) is 1.62. The van der Waals surface area contributed by atoms with E-state index < -0.39 is 0 Å². The van der Waals surface area contributed by atoms with Crippen LogP contribution in [0.4, 0.5) is 0 Å². The van der Waals surface area contributed by atoms with Crippen molar-refractivity contribution in [3.05, 3.63) is 34.3 Å². The Kier molecular flexibility index (Phi) is 5.40. The van der Waals surface area contributed by atoms with Crippen LogP contribution in [0.25, 0.3) is 0 Å². The predicted octanol–water partition coefficient (Wildman–Crippen LogP) is 1.55. The zero-order valence-corrected chi connectivity index (χ0v) is 12.7. The number of fused-ring (bicyclic) bond motifs is 1. The Hall–Kier alpha value is -1.10. The summed E-state index contributed by atoms with van der Waals surface area (Å²) in [4.78, 5) is 11.9. The molecule has 0 heterocycles. The van der Waals surface area contributed by atoms with Gasteiger partial charge < -0.3 is 15.4 Å². The molecule has 0 saturated carbocycles. The predicted molar refractivity (Wildman–Crippen MR) is 80.1 cm³/mol. The molecule has 1 aliphatic carbocycles. The zero-order chi connectivity index (χ0) is 14.5. The van der Waals surface area contributed by atoms with Crippen LogP contribution < -0.4 is 10.6 Å². The van der Waals surface area contributed by atoms with Crippen molar-refractivity contribution in [2.75, 3.05) is 20.3 Å². The fourth-order valence-electron chi connectivity index (χ4n) is 2.56. The standard InChI is InChI=1S/C15H21ClN2O2/c1-10(15(19)17-5-6-20-2)18-14-8-11-3-4-13(16)7-12(11)9-14/h3-4,7,10,14,18H,5-6,8-9H2,1-2H3,(H,17,19). The Morgan fingerprint density at radius 3 is 2.95 bits per heavy atom. The Morgan fingerprint density at radius 1 is 1.45 bits per heavy atom. The Bertz CT molecular complexity index is 479. The molecule has 0 aliphatic heterocycles. The molecule has 0 bridgehead atoms. The van der Waals surface area contributed by atoms with Gasteiger partial charge in [-0.15, -0.1) is 0 Å². The number of benzene rings is 1. The number of carbonyl (C=O) groups excluding carboxylic acids is 1. The van der Waals surface area contributed by atoms with Crippen molar-refractivity contribution in [3.8, 4) is 0 Å². The lowest BCUT2D eigenvalue weighted by molar-refractivity contribution is -0.123. The van der Waals surface area contributed by atoms with E-state index in [-0.39, 0.29) is 11.9 Å². The van der Waals surface area contributed by atoms with Crippen molar-refractivity contribution in [2.24, 2.45) is 0 Å². The molecule has 20 heavy (non-hydrogen) atoms. The van der Waals surface area contributed by atoms with Gasteiger partial charge >= 0.3 is 0 Å². The highest BCUT2D eigenvalue weighted by Gasteiger charge is 2.24. The lowest BCUT2D eigenvalue weighted by Gasteiger charge is -2.18. The number of methoxy groups -OCH3 is 1. The van der Waals surface area contributed by atoms with E-state index in [2.05, 4.69) is 16.7 Å². The van der Waals surface area contributed by atoms with E-state index in [1.807, 2.05) is 19.1 Å². The van der Waals surface area contributed by atoms with E-state index in [1.165, 1.54) is 11.1 Å². The fourth-order valence-corrected chi connectivity index (χ4v) is 2.76. The number of ether oxygens (including phenoxy) is 1. The van der Waals surface area contributed by atoms with Crippen molar-refractivity contribution in [1.82, 2.24) is 10.6 Å². The highest BCUT2D eigenvalue weighted by molar-refractivity contribution is 6.30. The highest BCUT2D eigenvalue weighted by Crippen LogP contribution is 2.25. The van der Waals surface area contributed by atoms with E-state index >= 15 is 0 Å². The molecule has 0 spiro atoms. The maximum atomic E-state index is 11.9. The van der Waals surface area contributed by atoms with Crippen molar-refractivity contribution >= 4 is 17.5 Å². The average molecular weight is 297 g/mol. The molecule has 0 radical (unpaired) electrons. The zero-order valence-electron chi connectivity index (χ0n) is 11.9. The lowest BCUT2D eigenvalue weighted by atomic mass is 10.1. The Labute approximate surface area is 124 Å². The van der Waals surface area contributed by atoms with E-state index in [0.29, 0.717) is 19.2 Å². The van der Waals surface area contributed by atoms with Crippen LogP contribution in [-0.2, 0) is 22.4 Å². The molecular weight excluding hydrogens is 276 g/mol. The van der Waals surface area contributed by atoms with E-state index in [4.69, 9.17) is 16.3 Å². The Morgan fingerprint density at radius 2 is 2.20 bits per heavy atom. The smallest absolute Gasteiger partial charge is 0.236 e. The second-order valence-corrected chi connectivity index (χ2v) is 5.63. The van der Waals surface area contributed by atoms with Gasteiger partial charge in [0.25, 0.3) is 0 Å². The van der Waals surface area contributed by atoms with Gasteiger partial charge in [-0.25, -0.2) is 0 Å². The summed E-state index contributed by atoms with van der Waals surface area (Å²) in [6.45, 7) is 2.96. The largest absolute Gasteiger partial charge is 0.383 e. The molecule has 1 aliphatic rings. The summed E-state index contributed by atoms with van der Waals surface area (Å²) < 4.78 is 4.91. The third-order valence-corrected chi connectivity index (χ3v) is 3.82. The number of carbonyl (C=O) groups is 1. The average Bonchev–Trinajstić information content (AvgIpc) is 2.80. The van der Waals surface area contributed by atoms with Gasteiger partial charge in [0, 0.05) is 24.7 Å². The topological polar surface area (TPSA) is 50.4 Å². The van der Waals surface area contributed by atoms with E-state index in [1.54, 1.807) is 7.11 Å². The number of halogens is 1. The van der Waals surface area contributed by atoms with Crippen LogP contribution in [-0.4, -0.2) is 38.3 Å². The van der Waals surface area contributed by atoms with Gasteiger partial charge in [0.15, 0.2) is 0 Å². The molecule has 1 aromatic carbocycles. The molecule has 2 N–H and O–H groups in total. The van der Waals surface area contributed by atoms with Gasteiger partial charge in [0.2, 0.25) is 5.91 Å². The minimum absolute atomic E-state index is 0.0102. The van der Waals surface area contributed by atoms with Gasteiger partial charge in [-0.2, -0.15) is 0 Å². The number of hydrogen-bond donors (Lipinski definition) is 2. The summed E-state index contributed by atoms with van der Waals surface area (Å²) >= 11 is 6.00. The Balaban J connectivity index is 1.82. The minimum atomic E-state index is -0.207. The van der Waals surface area contributed by atoms with Crippen LogP contribution in [0.15, 0.2) is 18.2 Å². The van der Waals surface area contributed by atoms with Crippen molar-refractivity contribution in [3.63, 3.8) is 0 Å². The van der Waals surface area contributed by atoms with Crippen LogP contribution >= 0.6 is 11.6 Å². The first-order valence-corrected chi connectivity index (χ1v) is 7.28. The van der Waals surface area contributed by atoms with Gasteiger partial charge in [-0.1, -0.05) is 17.7 Å². The first kappa shape index (κ1) is 15.3. The van der Waals surface area contributed by atoms with Crippen molar-refractivity contribution in [2.45, 2.75) is 31.8 Å². The van der Waals surface area contributed by atoms with Crippen molar-refractivity contribution in [1.29, 1.82) is 0 Å². The van der Waals surface area contributed by atoms with Crippen LogP contribution in [0.1, 0.15) is 18.1 Å². The summed E-state index contributed by atoms with van der Waals surface area (Å²) in [6, 6.07) is 6.10. The number of hydrogen-bond acceptors (Lipinski definition) is 3. The number of amides is 1. The summed E-state index contributed by atoms with van der Waals surface area (Å²) in [5, 5.41) is 6.99. The fraction of sp³-hybridized carbons (Fsp3) is 0.533.